The minimum Gasteiger partial charge on any atom is -0.491 e. The molecule has 0 spiro atoms. The fraction of sp³-hybridized carbons (Fsp3) is 0.286. The zero-order valence-corrected chi connectivity index (χ0v) is 11.5. The van der Waals surface area contributed by atoms with Crippen LogP contribution in [0.5, 0.6) is 5.75 Å². The van der Waals surface area contributed by atoms with E-state index in [1.54, 1.807) is 6.20 Å². The second kappa shape index (κ2) is 5.31. The van der Waals surface area contributed by atoms with Crippen molar-refractivity contribution in [3.05, 3.63) is 40.8 Å². The number of rotatable bonds is 3. The van der Waals surface area contributed by atoms with Crippen molar-refractivity contribution in [2.24, 2.45) is 0 Å². The van der Waals surface area contributed by atoms with E-state index in [4.69, 9.17) is 17.0 Å². The molecule has 4 heteroatoms. The normalized spacial score (nSPS) is 10.7. The molecular formula is C14H16N2OS. The van der Waals surface area contributed by atoms with Crippen LogP contribution in [0.15, 0.2) is 30.5 Å². The first-order valence-electron chi connectivity index (χ1n) is 5.89. The van der Waals surface area contributed by atoms with E-state index in [0.29, 0.717) is 4.77 Å². The van der Waals surface area contributed by atoms with Crippen LogP contribution in [0.1, 0.15) is 19.4 Å². The number of hydrogen-bond donors (Lipinski definition) is 1. The van der Waals surface area contributed by atoms with Crippen molar-refractivity contribution < 1.29 is 4.74 Å². The fourth-order valence-electron chi connectivity index (χ4n) is 1.73. The van der Waals surface area contributed by atoms with Crippen molar-refractivity contribution in [2.75, 3.05) is 0 Å². The van der Waals surface area contributed by atoms with Crippen LogP contribution in [0.3, 0.4) is 0 Å². The van der Waals surface area contributed by atoms with E-state index in [1.807, 2.05) is 45.0 Å². The molecule has 0 saturated heterocycles. The summed E-state index contributed by atoms with van der Waals surface area (Å²) in [5.74, 6) is 0.874. The van der Waals surface area contributed by atoms with E-state index < -0.39 is 0 Å². The lowest BCUT2D eigenvalue weighted by atomic mass is 10.1. The predicted molar refractivity (Wildman–Crippen MR) is 75.4 cm³/mol. The summed E-state index contributed by atoms with van der Waals surface area (Å²) < 4.78 is 6.11. The fourth-order valence-corrected chi connectivity index (χ4v) is 1.88. The SMILES string of the molecule is Cc1cnc(=S)[nH]c1-c1ccc(OC(C)C)cc1. The van der Waals surface area contributed by atoms with Gasteiger partial charge in [-0.25, -0.2) is 4.98 Å². The molecule has 0 atom stereocenters. The Balaban J connectivity index is 2.34. The van der Waals surface area contributed by atoms with Crippen LogP contribution in [0.25, 0.3) is 11.3 Å². The monoisotopic (exact) mass is 260 g/mol. The van der Waals surface area contributed by atoms with Gasteiger partial charge in [-0.3, -0.25) is 0 Å². The Morgan fingerprint density at radius 2 is 1.89 bits per heavy atom. The first-order chi connectivity index (χ1) is 8.56. The van der Waals surface area contributed by atoms with Gasteiger partial charge in [0, 0.05) is 6.20 Å². The van der Waals surface area contributed by atoms with Crippen molar-refractivity contribution >= 4 is 12.2 Å². The van der Waals surface area contributed by atoms with Gasteiger partial charge < -0.3 is 9.72 Å². The Kier molecular flexibility index (Phi) is 3.77. The molecule has 0 aliphatic carbocycles. The van der Waals surface area contributed by atoms with Gasteiger partial charge in [0.05, 0.1) is 11.8 Å². The summed E-state index contributed by atoms with van der Waals surface area (Å²) in [6, 6.07) is 7.97. The van der Waals surface area contributed by atoms with Crippen LogP contribution < -0.4 is 4.74 Å². The molecular weight excluding hydrogens is 244 g/mol. The highest BCUT2D eigenvalue weighted by Crippen LogP contribution is 2.23. The second-order valence-electron chi connectivity index (χ2n) is 4.44. The number of H-pyrrole nitrogens is 1. The summed E-state index contributed by atoms with van der Waals surface area (Å²) >= 11 is 5.05. The van der Waals surface area contributed by atoms with Gasteiger partial charge in [0.2, 0.25) is 0 Å². The molecule has 0 saturated carbocycles. The van der Waals surface area contributed by atoms with Crippen molar-refractivity contribution in [1.29, 1.82) is 0 Å². The number of aryl methyl sites for hydroxylation is 1. The molecule has 0 aliphatic heterocycles. The van der Waals surface area contributed by atoms with Gasteiger partial charge in [-0.15, -0.1) is 0 Å². The van der Waals surface area contributed by atoms with Gasteiger partial charge in [0.15, 0.2) is 4.77 Å². The van der Waals surface area contributed by atoms with E-state index in [9.17, 15) is 0 Å². The van der Waals surface area contributed by atoms with E-state index >= 15 is 0 Å². The molecule has 0 fully saturated rings. The van der Waals surface area contributed by atoms with E-state index in [2.05, 4.69) is 9.97 Å². The number of nitrogens with zero attached hydrogens (tertiary/aromatic N) is 1. The van der Waals surface area contributed by atoms with Crippen LogP contribution >= 0.6 is 12.2 Å². The number of hydrogen-bond acceptors (Lipinski definition) is 3. The topological polar surface area (TPSA) is 37.9 Å². The van der Waals surface area contributed by atoms with Gasteiger partial charge in [0.1, 0.15) is 5.75 Å². The lowest BCUT2D eigenvalue weighted by Crippen LogP contribution is -2.05. The van der Waals surface area contributed by atoms with Crippen molar-refractivity contribution in [1.82, 2.24) is 9.97 Å². The average molecular weight is 260 g/mol. The van der Waals surface area contributed by atoms with Gasteiger partial charge in [-0.05, 0) is 68.4 Å². The first kappa shape index (κ1) is 12.8. The number of aromatic nitrogens is 2. The smallest absolute Gasteiger partial charge is 0.197 e. The van der Waals surface area contributed by atoms with Crippen molar-refractivity contribution in [3.8, 4) is 17.0 Å². The van der Waals surface area contributed by atoms with Crippen molar-refractivity contribution in [2.45, 2.75) is 26.9 Å². The number of benzene rings is 1. The van der Waals surface area contributed by atoms with Gasteiger partial charge in [-0.2, -0.15) is 0 Å². The van der Waals surface area contributed by atoms with Gasteiger partial charge in [0.25, 0.3) is 0 Å². The van der Waals surface area contributed by atoms with E-state index in [-0.39, 0.29) is 6.10 Å². The van der Waals surface area contributed by atoms with Crippen LogP contribution in [-0.4, -0.2) is 16.1 Å². The maximum absolute atomic E-state index is 5.62. The van der Waals surface area contributed by atoms with E-state index in [1.165, 1.54) is 0 Å². The van der Waals surface area contributed by atoms with E-state index in [0.717, 1.165) is 22.6 Å². The standard InChI is InChI=1S/C14H16N2OS/c1-9(2)17-12-6-4-11(5-7-12)13-10(3)8-15-14(18)16-13/h4-9H,1-3H3,(H,15,16,18). The Hall–Kier alpha value is -1.68. The number of aromatic amines is 1. The Morgan fingerprint density at radius 3 is 2.50 bits per heavy atom. The third kappa shape index (κ3) is 2.96. The highest BCUT2D eigenvalue weighted by Gasteiger charge is 2.03. The predicted octanol–water partition coefficient (Wildman–Crippen LogP) is 3.90. The van der Waals surface area contributed by atoms with Crippen molar-refractivity contribution in [3.63, 3.8) is 0 Å². The minimum atomic E-state index is 0.185. The third-order valence-corrected chi connectivity index (χ3v) is 2.72. The summed E-state index contributed by atoms with van der Waals surface area (Å²) in [6.45, 7) is 6.03. The molecule has 1 aromatic heterocycles. The van der Waals surface area contributed by atoms with Crippen LogP contribution in [0, 0.1) is 11.7 Å². The quantitative estimate of drug-likeness (QED) is 0.850. The summed E-state index contributed by atoms with van der Waals surface area (Å²) in [5.41, 5.74) is 3.16. The lowest BCUT2D eigenvalue weighted by Gasteiger charge is -2.10. The van der Waals surface area contributed by atoms with Crippen LogP contribution in [0.2, 0.25) is 0 Å². The van der Waals surface area contributed by atoms with Crippen LogP contribution in [-0.2, 0) is 0 Å². The zero-order chi connectivity index (χ0) is 13.1. The molecule has 0 unspecified atom stereocenters. The molecule has 0 aliphatic rings. The highest BCUT2D eigenvalue weighted by atomic mass is 32.1. The molecule has 1 aromatic carbocycles. The summed E-state index contributed by atoms with van der Waals surface area (Å²) in [7, 11) is 0. The molecule has 1 N–H and O–H groups in total. The summed E-state index contributed by atoms with van der Waals surface area (Å²) in [4.78, 5) is 7.17. The Bertz CT molecular complexity index is 587. The first-order valence-corrected chi connectivity index (χ1v) is 6.30. The molecule has 1 heterocycles. The zero-order valence-electron chi connectivity index (χ0n) is 10.7. The second-order valence-corrected chi connectivity index (χ2v) is 4.82. The average Bonchev–Trinajstić information content (AvgIpc) is 2.33. The largest absolute Gasteiger partial charge is 0.491 e. The van der Waals surface area contributed by atoms with Gasteiger partial charge >= 0.3 is 0 Å². The lowest BCUT2D eigenvalue weighted by molar-refractivity contribution is 0.242. The molecule has 18 heavy (non-hydrogen) atoms. The third-order valence-electron chi connectivity index (χ3n) is 2.52. The maximum Gasteiger partial charge on any atom is 0.197 e. The molecule has 2 rings (SSSR count). The molecule has 94 valence electrons. The maximum atomic E-state index is 5.62. The molecule has 3 nitrogen and oxygen atoms in total. The molecule has 0 amide bonds. The molecule has 0 bridgehead atoms. The van der Waals surface area contributed by atoms with Gasteiger partial charge in [-0.1, -0.05) is 0 Å². The molecule has 0 radical (unpaired) electrons. The highest BCUT2D eigenvalue weighted by molar-refractivity contribution is 7.71. The van der Waals surface area contributed by atoms with Crippen LogP contribution in [0.4, 0.5) is 0 Å². The molecule has 2 aromatic rings. The minimum absolute atomic E-state index is 0.185. The Labute approximate surface area is 112 Å². The number of nitrogens with one attached hydrogen (secondary N) is 1. The Morgan fingerprint density at radius 1 is 1.22 bits per heavy atom. The summed E-state index contributed by atoms with van der Waals surface area (Å²) in [6.07, 6.45) is 1.97. The summed E-state index contributed by atoms with van der Waals surface area (Å²) in [5, 5.41) is 0. The number of ether oxygens (including phenoxy) is 1.